The average molecular weight is 253 g/mol. The highest BCUT2D eigenvalue weighted by atomic mass is 35.5. The average Bonchev–Trinajstić information content (AvgIpc) is 2.74. The van der Waals surface area contributed by atoms with E-state index in [1.54, 1.807) is 11.3 Å². The fourth-order valence-corrected chi connectivity index (χ4v) is 2.76. The maximum absolute atomic E-state index is 5.94. The third-order valence-corrected chi connectivity index (χ3v) is 3.77. The number of nitrogens with zero attached hydrogens (tertiary/aromatic N) is 1. The van der Waals surface area contributed by atoms with Gasteiger partial charge < -0.3 is 5.32 Å². The molecule has 0 saturated carbocycles. The molecule has 0 saturated heterocycles. The summed E-state index contributed by atoms with van der Waals surface area (Å²) >= 11 is 7.55. The van der Waals surface area contributed by atoms with Gasteiger partial charge in [0.2, 0.25) is 0 Å². The molecule has 1 N–H and O–H groups in total. The zero-order chi connectivity index (χ0) is 11.4. The van der Waals surface area contributed by atoms with Gasteiger partial charge in [-0.2, -0.15) is 0 Å². The molecule has 0 aliphatic carbocycles. The van der Waals surface area contributed by atoms with Gasteiger partial charge in [0.15, 0.2) is 0 Å². The van der Waals surface area contributed by atoms with Gasteiger partial charge in [-0.05, 0) is 31.3 Å². The van der Waals surface area contributed by atoms with Crippen molar-refractivity contribution in [3.63, 3.8) is 0 Å². The van der Waals surface area contributed by atoms with E-state index in [0.29, 0.717) is 0 Å². The molecule has 2 heterocycles. The summed E-state index contributed by atoms with van der Waals surface area (Å²) in [7, 11) is 1.96. The number of hydrogen-bond acceptors (Lipinski definition) is 3. The van der Waals surface area contributed by atoms with Crippen molar-refractivity contribution in [2.75, 3.05) is 7.05 Å². The highest BCUT2D eigenvalue weighted by Gasteiger charge is 2.12. The first-order valence-electron chi connectivity index (χ1n) is 5.12. The first-order chi connectivity index (χ1) is 7.79. The molecule has 0 aliphatic heterocycles. The SMILES string of the molecule is CNC(Cc1ccccn1)c1ccc(Cl)s1. The van der Waals surface area contributed by atoms with Gasteiger partial charge in [0, 0.05) is 29.2 Å². The van der Waals surface area contributed by atoms with E-state index in [-0.39, 0.29) is 6.04 Å². The summed E-state index contributed by atoms with van der Waals surface area (Å²) in [6, 6.07) is 10.3. The van der Waals surface area contributed by atoms with Crippen LogP contribution in [0.1, 0.15) is 16.6 Å². The van der Waals surface area contributed by atoms with Crippen molar-refractivity contribution in [2.45, 2.75) is 12.5 Å². The molecule has 0 fully saturated rings. The molecule has 4 heteroatoms. The first kappa shape index (κ1) is 11.6. The summed E-state index contributed by atoms with van der Waals surface area (Å²) in [4.78, 5) is 5.58. The predicted molar refractivity (Wildman–Crippen MR) is 69.1 cm³/mol. The van der Waals surface area contributed by atoms with Crippen LogP contribution in [0.5, 0.6) is 0 Å². The van der Waals surface area contributed by atoms with E-state index in [1.807, 2.05) is 37.5 Å². The van der Waals surface area contributed by atoms with Crippen molar-refractivity contribution in [1.82, 2.24) is 10.3 Å². The lowest BCUT2D eigenvalue weighted by Crippen LogP contribution is -2.18. The summed E-state index contributed by atoms with van der Waals surface area (Å²) in [5.41, 5.74) is 1.09. The molecule has 0 radical (unpaired) electrons. The fraction of sp³-hybridized carbons (Fsp3) is 0.250. The highest BCUT2D eigenvalue weighted by molar-refractivity contribution is 7.16. The molecule has 0 bridgehead atoms. The summed E-state index contributed by atoms with van der Waals surface area (Å²) in [6.45, 7) is 0. The molecule has 2 rings (SSSR count). The zero-order valence-electron chi connectivity index (χ0n) is 8.98. The van der Waals surface area contributed by atoms with Crippen molar-refractivity contribution < 1.29 is 0 Å². The van der Waals surface area contributed by atoms with Crippen molar-refractivity contribution in [1.29, 1.82) is 0 Å². The minimum absolute atomic E-state index is 0.285. The minimum atomic E-state index is 0.285. The van der Waals surface area contributed by atoms with Gasteiger partial charge in [-0.3, -0.25) is 4.98 Å². The van der Waals surface area contributed by atoms with Crippen LogP contribution in [0.4, 0.5) is 0 Å². The summed E-state index contributed by atoms with van der Waals surface area (Å²) in [5, 5.41) is 3.29. The number of likely N-dealkylation sites (N-methyl/N-ethyl adjacent to an activating group) is 1. The second kappa shape index (κ2) is 5.43. The van der Waals surface area contributed by atoms with Crippen LogP contribution in [-0.2, 0) is 6.42 Å². The Hall–Kier alpha value is -0.900. The fourth-order valence-electron chi connectivity index (χ4n) is 1.59. The molecule has 0 spiro atoms. The molecule has 2 nitrogen and oxygen atoms in total. The van der Waals surface area contributed by atoms with E-state index in [2.05, 4.69) is 16.4 Å². The van der Waals surface area contributed by atoms with Crippen LogP contribution in [0.25, 0.3) is 0 Å². The number of hydrogen-bond donors (Lipinski definition) is 1. The van der Waals surface area contributed by atoms with Crippen molar-refractivity contribution in [3.8, 4) is 0 Å². The minimum Gasteiger partial charge on any atom is -0.312 e. The van der Waals surface area contributed by atoms with Crippen molar-refractivity contribution in [2.24, 2.45) is 0 Å². The Bertz CT molecular complexity index is 441. The normalized spacial score (nSPS) is 12.6. The van der Waals surface area contributed by atoms with Gasteiger partial charge in [-0.25, -0.2) is 0 Å². The van der Waals surface area contributed by atoms with E-state index >= 15 is 0 Å². The maximum Gasteiger partial charge on any atom is 0.0931 e. The molecule has 2 aromatic heterocycles. The highest BCUT2D eigenvalue weighted by Crippen LogP contribution is 2.28. The Morgan fingerprint density at radius 2 is 2.25 bits per heavy atom. The van der Waals surface area contributed by atoms with Crippen LogP contribution < -0.4 is 5.32 Å². The molecule has 84 valence electrons. The number of halogens is 1. The van der Waals surface area contributed by atoms with Crippen LogP contribution in [0.15, 0.2) is 36.5 Å². The van der Waals surface area contributed by atoms with Crippen LogP contribution >= 0.6 is 22.9 Å². The van der Waals surface area contributed by atoms with Gasteiger partial charge in [-0.1, -0.05) is 17.7 Å². The predicted octanol–water partition coefficient (Wildman–Crippen LogP) is 3.30. The summed E-state index contributed by atoms with van der Waals surface area (Å²) < 4.78 is 0.830. The molecule has 0 amide bonds. The van der Waals surface area contributed by atoms with Gasteiger partial charge in [-0.15, -0.1) is 11.3 Å². The number of nitrogens with one attached hydrogen (secondary N) is 1. The van der Waals surface area contributed by atoms with E-state index in [0.717, 1.165) is 16.5 Å². The second-order valence-corrected chi connectivity index (χ2v) is 5.25. The van der Waals surface area contributed by atoms with Gasteiger partial charge in [0.1, 0.15) is 0 Å². The quantitative estimate of drug-likeness (QED) is 0.903. The largest absolute Gasteiger partial charge is 0.312 e. The number of pyridine rings is 1. The molecule has 0 aliphatic rings. The summed E-state index contributed by atoms with van der Waals surface area (Å²) in [6.07, 6.45) is 2.71. The zero-order valence-corrected chi connectivity index (χ0v) is 10.6. The number of thiophene rings is 1. The van der Waals surface area contributed by atoms with E-state index < -0.39 is 0 Å². The maximum atomic E-state index is 5.94. The van der Waals surface area contributed by atoms with E-state index in [9.17, 15) is 0 Å². The van der Waals surface area contributed by atoms with Crippen molar-refractivity contribution in [3.05, 3.63) is 51.4 Å². The van der Waals surface area contributed by atoms with Crippen LogP contribution in [0.2, 0.25) is 4.34 Å². The van der Waals surface area contributed by atoms with E-state index in [1.165, 1.54) is 4.88 Å². The van der Waals surface area contributed by atoms with Gasteiger partial charge in [0.05, 0.1) is 4.34 Å². The number of aromatic nitrogens is 1. The Morgan fingerprint density at radius 3 is 2.81 bits per heavy atom. The van der Waals surface area contributed by atoms with Gasteiger partial charge >= 0.3 is 0 Å². The second-order valence-electron chi connectivity index (χ2n) is 3.51. The molecule has 16 heavy (non-hydrogen) atoms. The lowest BCUT2D eigenvalue weighted by atomic mass is 10.1. The Labute approximate surface area is 104 Å². The Morgan fingerprint density at radius 1 is 1.38 bits per heavy atom. The molecule has 0 aromatic carbocycles. The third kappa shape index (κ3) is 2.82. The smallest absolute Gasteiger partial charge is 0.0931 e. The molecule has 2 aromatic rings. The topological polar surface area (TPSA) is 24.9 Å². The van der Waals surface area contributed by atoms with Crippen LogP contribution in [0.3, 0.4) is 0 Å². The monoisotopic (exact) mass is 252 g/mol. The summed E-state index contributed by atoms with van der Waals surface area (Å²) in [5.74, 6) is 0. The van der Waals surface area contributed by atoms with Gasteiger partial charge in [0.25, 0.3) is 0 Å². The van der Waals surface area contributed by atoms with Crippen LogP contribution in [0, 0.1) is 0 Å². The Balaban J connectivity index is 2.12. The van der Waals surface area contributed by atoms with Crippen molar-refractivity contribution >= 4 is 22.9 Å². The molecule has 1 unspecified atom stereocenters. The standard InChI is InChI=1S/C12H13ClN2S/c1-14-10(11-5-6-12(13)16-11)8-9-4-2-3-7-15-9/h2-7,10,14H,8H2,1H3. The molecular formula is C12H13ClN2S. The number of rotatable bonds is 4. The van der Waals surface area contributed by atoms with Crippen LogP contribution in [-0.4, -0.2) is 12.0 Å². The van der Waals surface area contributed by atoms with E-state index in [4.69, 9.17) is 11.6 Å². The Kier molecular flexibility index (Phi) is 3.93. The lowest BCUT2D eigenvalue weighted by Gasteiger charge is -2.13. The lowest BCUT2D eigenvalue weighted by molar-refractivity contribution is 0.594. The first-order valence-corrected chi connectivity index (χ1v) is 6.31. The molecular weight excluding hydrogens is 240 g/mol. The third-order valence-electron chi connectivity index (χ3n) is 2.43. The molecule has 1 atom stereocenters.